The van der Waals surface area contributed by atoms with E-state index in [4.69, 9.17) is 14.4 Å². The SMILES string of the molecule is c1ccc(-c2cc(-c3ccc(-n4c5ccccc5c5ccccc54)cc3)nc(-c3cccc(-c4cccc5c4oc4ccccc45)c3)n2)cc1. The van der Waals surface area contributed by atoms with E-state index in [-0.39, 0.29) is 0 Å². The van der Waals surface area contributed by atoms with E-state index in [1.54, 1.807) is 0 Å². The highest BCUT2D eigenvalue weighted by Crippen LogP contribution is 2.38. The molecule has 234 valence electrons. The van der Waals surface area contributed by atoms with Crippen LogP contribution in [0.2, 0.25) is 0 Å². The van der Waals surface area contributed by atoms with Gasteiger partial charge >= 0.3 is 0 Å². The maximum Gasteiger partial charge on any atom is 0.160 e. The van der Waals surface area contributed by atoms with E-state index in [9.17, 15) is 0 Å². The van der Waals surface area contributed by atoms with Gasteiger partial charge in [0.25, 0.3) is 0 Å². The van der Waals surface area contributed by atoms with E-state index in [2.05, 4.69) is 150 Å². The minimum absolute atomic E-state index is 0.673. The first-order valence-electron chi connectivity index (χ1n) is 16.8. The van der Waals surface area contributed by atoms with Crippen LogP contribution in [0.5, 0.6) is 0 Å². The second-order valence-corrected chi connectivity index (χ2v) is 12.6. The van der Waals surface area contributed by atoms with Crippen LogP contribution in [0.3, 0.4) is 0 Å². The average molecular weight is 640 g/mol. The molecule has 0 N–H and O–H groups in total. The number of para-hydroxylation sites is 4. The number of fused-ring (bicyclic) bond motifs is 6. The summed E-state index contributed by atoms with van der Waals surface area (Å²) in [6.45, 7) is 0. The Hall–Kier alpha value is -6.78. The molecule has 0 aliphatic carbocycles. The lowest BCUT2D eigenvalue weighted by Gasteiger charge is -2.12. The third-order valence-corrected chi connectivity index (χ3v) is 9.63. The highest BCUT2D eigenvalue weighted by atomic mass is 16.3. The fraction of sp³-hybridized carbons (Fsp3) is 0. The Kier molecular flexibility index (Phi) is 6.46. The van der Waals surface area contributed by atoms with Crippen molar-refractivity contribution in [3.63, 3.8) is 0 Å². The summed E-state index contributed by atoms with van der Waals surface area (Å²) in [5.41, 5.74) is 12.1. The van der Waals surface area contributed by atoms with Crippen molar-refractivity contribution in [2.24, 2.45) is 0 Å². The molecule has 10 rings (SSSR count). The number of furan rings is 1. The Morgan fingerprint density at radius 1 is 0.400 bits per heavy atom. The smallest absolute Gasteiger partial charge is 0.160 e. The monoisotopic (exact) mass is 639 g/mol. The van der Waals surface area contributed by atoms with Crippen LogP contribution in [-0.4, -0.2) is 14.5 Å². The van der Waals surface area contributed by atoms with Crippen LogP contribution in [0.1, 0.15) is 0 Å². The molecule has 0 spiro atoms. The van der Waals surface area contributed by atoms with Crippen molar-refractivity contribution in [1.29, 1.82) is 0 Å². The van der Waals surface area contributed by atoms with E-state index in [0.29, 0.717) is 5.82 Å². The van der Waals surface area contributed by atoms with E-state index in [0.717, 1.165) is 66.8 Å². The fourth-order valence-corrected chi connectivity index (χ4v) is 7.26. The number of hydrogen-bond acceptors (Lipinski definition) is 3. The van der Waals surface area contributed by atoms with Gasteiger partial charge in [-0.3, -0.25) is 0 Å². The number of aromatic nitrogens is 3. The van der Waals surface area contributed by atoms with Crippen molar-refractivity contribution in [3.8, 4) is 50.7 Å². The first-order valence-corrected chi connectivity index (χ1v) is 16.8. The lowest BCUT2D eigenvalue weighted by Crippen LogP contribution is -1.97. The molecule has 0 aliphatic heterocycles. The van der Waals surface area contributed by atoms with Crippen molar-refractivity contribution in [2.45, 2.75) is 0 Å². The van der Waals surface area contributed by atoms with Crippen molar-refractivity contribution in [2.75, 3.05) is 0 Å². The number of hydrogen-bond donors (Lipinski definition) is 0. The molecular formula is C46H29N3O. The van der Waals surface area contributed by atoms with Crippen LogP contribution in [0.4, 0.5) is 0 Å². The van der Waals surface area contributed by atoms with Gasteiger partial charge in [-0.1, -0.05) is 133 Å². The Morgan fingerprint density at radius 2 is 0.960 bits per heavy atom. The van der Waals surface area contributed by atoms with Crippen molar-refractivity contribution in [1.82, 2.24) is 14.5 Å². The molecule has 7 aromatic carbocycles. The zero-order chi connectivity index (χ0) is 33.0. The molecule has 0 atom stereocenters. The second-order valence-electron chi connectivity index (χ2n) is 12.6. The van der Waals surface area contributed by atoms with Gasteiger partial charge in [-0.2, -0.15) is 0 Å². The third kappa shape index (κ3) is 4.61. The molecule has 0 amide bonds. The highest BCUT2D eigenvalue weighted by Gasteiger charge is 2.16. The maximum atomic E-state index is 6.39. The van der Waals surface area contributed by atoms with E-state index in [1.807, 2.05) is 30.3 Å². The van der Waals surface area contributed by atoms with Gasteiger partial charge in [0.1, 0.15) is 11.2 Å². The normalized spacial score (nSPS) is 11.6. The van der Waals surface area contributed by atoms with Gasteiger partial charge < -0.3 is 8.98 Å². The first kappa shape index (κ1) is 28.3. The van der Waals surface area contributed by atoms with Crippen LogP contribution in [-0.2, 0) is 0 Å². The molecule has 50 heavy (non-hydrogen) atoms. The van der Waals surface area contributed by atoms with Crippen LogP contribution < -0.4 is 0 Å². The predicted molar refractivity (Wildman–Crippen MR) is 205 cm³/mol. The van der Waals surface area contributed by atoms with E-state index < -0.39 is 0 Å². The molecular weight excluding hydrogens is 611 g/mol. The van der Waals surface area contributed by atoms with Crippen LogP contribution in [0.15, 0.2) is 180 Å². The van der Waals surface area contributed by atoms with Crippen molar-refractivity contribution < 1.29 is 4.42 Å². The lowest BCUT2D eigenvalue weighted by atomic mass is 10.00. The standard InChI is InChI=1S/C46H29N3O/c1-2-12-30(13-3-1)40-29-41(31-24-26-34(27-25-31)49-42-21-7-4-16-36(42)37-17-5-8-22-43(37)49)48-46(47-40)33-15-10-14-32(28-33)35-19-11-20-39-38-18-6-9-23-44(38)50-45(35)39/h1-29H. The van der Waals surface area contributed by atoms with Gasteiger partial charge in [0.2, 0.25) is 0 Å². The molecule has 3 aromatic heterocycles. The quantitative estimate of drug-likeness (QED) is 0.188. The molecule has 3 heterocycles. The highest BCUT2D eigenvalue weighted by molar-refractivity contribution is 6.10. The molecule has 10 aromatic rings. The van der Waals surface area contributed by atoms with E-state index in [1.165, 1.54) is 21.8 Å². The van der Waals surface area contributed by atoms with Gasteiger partial charge in [-0.05, 0) is 48.0 Å². The Balaban J connectivity index is 1.10. The van der Waals surface area contributed by atoms with Crippen LogP contribution in [0, 0.1) is 0 Å². The number of benzene rings is 7. The summed E-state index contributed by atoms with van der Waals surface area (Å²) < 4.78 is 8.72. The number of rotatable bonds is 5. The first-order chi connectivity index (χ1) is 24.8. The third-order valence-electron chi connectivity index (χ3n) is 9.63. The largest absolute Gasteiger partial charge is 0.455 e. The summed E-state index contributed by atoms with van der Waals surface area (Å²) in [5, 5.41) is 4.73. The Labute approximate surface area is 288 Å². The second kappa shape index (κ2) is 11.4. The van der Waals surface area contributed by atoms with E-state index >= 15 is 0 Å². The fourth-order valence-electron chi connectivity index (χ4n) is 7.26. The zero-order valence-electron chi connectivity index (χ0n) is 27.0. The van der Waals surface area contributed by atoms with Gasteiger partial charge in [0.15, 0.2) is 5.82 Å². The Bertz CT molecular complexity index is 2810. The average Bonchev–Trinajstić information content (AvgIpc) is 3.74. The molecule has 0 fully saturated rings. The minimum Gasteiger partial charge on any atom is -0.455 e. The summed E-state index contributed by atoms with van der Waals surface area (Å²) in [6, 6.07) is 61.3. The zero-order valence-corrected chi connectivity index (χ0v) is 27.0. The Morgan fingerprint density at radius 3 is 1.70 bits per heavy atom. The lowest BCUT2D eigenvalue weighted by molar-refractivity contribution is 0.670. The summed E-state index contributed by atoms with van der Waals surface area (Å²) in [5.74, 6) is 0.673. The molecule has 0 radical (unpaired) electrons. The molecule has 4 heteroatoms. The van der Waals surface area contributed by atoms with Gasteiger partial charge in [-0.15, -0.1) is 0 Å². The minimum atomic E-state index is 0.673. The summed E-state index contributed by atoms with van der Waals surface area (Å²) in [7, 11) is 0. The van der Waals surface area contributed by atoms with Crippen LogP contribution >= 0.6 is 0 Å². The predicted octanol–water partition coefficient (Wildman–Crippen LogP) is 12.1. The van der Waals surface area contributed by atoms with Crippen LogP contribution in [0.25, 0.3) is 94.5 Å². The van der Waals surface area contributed by atoms with Crippen molar-refractivity contribution >= 4 is 43.7 Å². The topological polar surface area (TPSA) is 43.9 Å². The number of nitrogens with zero attached hydrogens (tertiary/aromatic N) is 3. The van der Waals surface area contributed by atoms with Crippen molar-refractivity contribution in [3.05, 3.63) is 176 Å². The van der Waals surface area contributed by atoms with Gasteiger partial charge in [-0.25, -0.2) is 9.97 Å². The maximum absolute atomic E-state index is 6.39. The summed E-state index contributed by atoms with van der Waals surface area (Å²) in [4.78, 5) is 10.3. The van der Waals surface area contributed by atoms with Gasteiger partial charge in [0.05, 0.1) is 22.4 Å². The summed E-state index contributed by atoms with van der Waals surface area (Å²) in [6.07, 6.45) is 0. The molecule has 0 bridgehead atoms. The molecule has 0 saturated carbocycles. The molecule has 0 unspecified atom stereocenters. The molecule has 0 saturated heterocycles. The molecule has 0 aliphatic rings. The van der Waals surface area contributed by atoms with Gasteiger partial charge in [0, 0.05) is 49.5 Å². The molecule has 4 nitrogen and oxygen atoms in total. The summed E-state index contributed by atoms with van der Waals surface area (Å²) >= 11 is 0.